The van der Waals surface area contributed by atoms with Gasteiger partial charge in [-0.05, 0) is 18.3 Å². The van der Waals surface area contributed by atoms with Crippen LogP contribution in [-0.4, -0.2) is 21.8 Å². The van der Waals surface area contributed by atoms with Crippen molar-refractivity contribution >= 4 is 34.8 Å². The number of nitro benzene ring substituents is 1. The first-order valence-electron chi connectivity index (χ1n) is 7.13. The van der Waals surface area contributed by atoms with Crippen LogP contribution in [0.15, 0.2) is 24.3 Å². The number of rotatable bonds is 2. The molecule has 0 radical (unpaired) electrons. The van der Waals surface area contributed by atoms with E-state index in [4.69, 9.17) is 11.6 Å². The number of benzene rings is 1. The smallest absolute Gasteiger partial charge is 0.273 e. The van der Waals surface area contributed by atoms with Crippen LogP contribution in [0.3, 0.4) is 0 Å². The molecule has 1 N–H and O–H groups in total. The molecular formula is C15H11ClN2O5. The van der Waals surface area contributed by atoms with Gasteiger partial charge in [0.25, 0.3) is 5.69 Å². The average molecular weight is 335 g/mol. The van der Waals surface area contributed by atoms with Crippen molar-refractivity contribution in [3.8, 4) is 5.75 Å². The quantitative estimate of drug-likeness (QED) is 0.387. The Morgan fingerprint density at radius 1 is 1.17 bits per heavy atom. The highest BCUT2D eigenvalue weighted by atomic mass is 35.5. The highest BCUT2D eigenvalue weighted by Crippen LogP contribution is 2.54. The van der Waals surface area contributed by atoms with Crippen molar-refractivity contribution < 1.29 is 19.6 Å². The van der Waals surface area contributed by atoms with Gasteiger partial charge in [-0.15, -0.1) is 0 Å². The van der Waals surface area contributed by atoms with E-state index in [1.165, 1.54) is 0 Å². The molecule has 0 aromatic heterocycles. The Labute approximate surface area is 135 Å². The number of halogens is 1. The van der Waals surface area contributed by atoms with E-state index < -0.39 is 34.3 Å². The van der Waals surface area contributed by atoms with Gasteiger partial charge >= 0.3 is 0 Å². The van der Waals surface area contributed by atoms with Gasteiger partial charge in [-0.25, -0.2) is 4.90 Å². The Morgan fingerprint density at radius 3 is 2.26 bits per heavy atom. The summed E-state index contributed by atoms with van der Waals surface area (Å²) in [5.74, 6) is -2.22. The first-order chi connectivity index (χ1) is 10.9. The van der Waals surface area contributed by atoms with E-state index in [1.54, 1.807) is 0 Å². The van der Waals surface area contributed by atoms with Gasteiger partial charge in [-0.3, -0.25) is 19.7 Å². The molecule has 1 saturated carbocycles. The van der Waals surface area contributed by atoms with Crippen molar-refractivity contribution in [2.24, 2.45) is 23.7 Å². The largest absolute Gasteiger partial charge is 0.504 e. The molecule has 1 heterocycles. The zero-order chi connectivity index (χ0) is 16.5. The van der Waals surface area contributed by atoms with Crippen LogP contribution in [0.25, 0.3) is 0 Å². The van der Waals surface area contributed by atoms with Gasteiger partial charge < -0.3 is 5.11 Å². The van der Waals surface area contributed by atoms with E-state index in [2.05, 4.69) is 0 Å². The number of carbonyl (C=O) groups excluding carboxylic acids is 2. The lowest BCUT2D eigenvalue weighted by Crippen LogP contribution is -2.33. The molecule has 1 aromatic carbocycles. The summed E-state index contributed by atoms with van der Waals surface area (Å²) in [4.78, 5) is 36.5. The Hall–Kier alpha value is -2.41. The molecule has 118 valence electrons. The number of phenols is 1. The van der Waals surface area contributed by atoms with E-state index in [-0.39, 0.29) is 28.2 Å². The van der Waals surface area contributed by atoms with E-state index in [9.17, 15) is 24.8 Å². The summed E-state index contributed by atoms with van der Waals surface area (Å²) >= 11 is 5.81. The number of anilines is 1. The number of hydrogen-bond donors (Lipinski definition) is 1. The topological polar surface area (TPSA) is 101 Å². The fourth-order valence-electron chi connectivity index (χ4n) is 3.99. The van der Waals surface area contributed by atoms with Crippen LogP contribution in [0, 0.1) is 33.8 Å². The molecule has 1 aromatic rings. The third-order valence-corrected chi connectivity index (χ3v) is 5.24. The average Bonchev–Trinajstić information content (AvgIpc) is 3.17. The van der Waals surface area contributed by atoms with Crippen LogP contribution in [0.2, 0.25) is 5.02 Å². The van der Waals surface area contributed by atoms with E-state index in [1.807, 2.05) is 12.2 Å². The predicted octanol–water partition coefficient (Wildman–Crippen LogP) is 2.27. The zero-order valence-corrected chi connectivity index (χ0v) is 12.4. The Kier molecular flexibility index (Phi) is 2.81. The number of aromatic hydroxyl groups is 1. The Bertz CT molecular complexity index is 775. The molecular weight excluding hydrogens is 324 g/mol. The molecule has 7 nitrogen and oxygen atoms in total. The number of imide groups is 1. The van der Waals surface area contributed by atoms with Crippen molar-refractivity contribution in [2.45, 2.75) is 6.42 Å². The molecule has 2 bridgehead atoms. The predicted molar refractivity (Wildman–Crippen MR) is 80.0 cm³/mol. The maximum Gasteiger partial charge on any atom is 0.273 e. The van der Waals surface area contributed by atoms with E-state index >= 15 is 0 Å². The van der Waals surface area contributed by atoms with Crippen molar-refractivity contribution in [3.63, 3.8) is 0 Å². The highest BCUT2D eigenvalue weighted by molar-refractivity contribution is 6.33. The molecule has 0 unspecified atom stereocenters. The number of nitrogens with zero attached hydrogens (tertiary/aromatic N) is 2. The third kappa shape index (κ3) is 1.77. The molecule has 1 saturated heterocycles. The monoisotopic (exact) mass is 334 g/mol. The molecule has 2 fully saturated rings. The van der Waals surface area contributed by atoms with Crippen LogP contribution in [0.5, 0.6) is 5.75 Å². The number of fused-ring (bicyclic) bond motifs is 5. The summed E-state index contributed by atoms with van der Waals surface area (Å²) in [6.07, 6.45) is 4.67. The highest BCUT2D eigenvalue weighted by Gasteiger charge is 2.60. The van der Waals surface area contributed by atoms with Gasteiger partial charge in [0, 0.05) is 12.1 Å². The summed E-state index contributed by atoms with van der Waals surface area (Å²) in [5, 5.41) is 20.8. The third-order valence-electron chi connectivity index (χ3n) is 4.95. The van der Waals surface area contributed by atoms with Crippen molar-refractivity contribution in [1.29, 1.82) is 0 Å². The van der Waals surface area contributed by atoms with Gasteiger partial charge in [-0.2, -0.15) is 0 Å². The molecule has 1 aliphatic heterocycles. The summed E-state index contributed by atoms with van der Waals surface area (Å²) in [5.41, 5.74) is -0.602. The zero-order valence-electron chi connectivity index (χ0n) is 11.7. The van der Waals surface area contributed by atoms with E-state index in [0.717, 1.165) is 23.5 Å². The number of hydrogen-bond acceptors (Lipinski definition) is 5. The van der Waals surface area contributed by atoms with Crippen molar-refractivity contribution in [1.82, 2.24) is 0 Å². The fourth-order valence-corrected chi connectivity index (χ4v) is 4.19. The van der Waals surface area contributed by atoms with Crippen LogP contribution in [-0.2, 0) is 9.59 Å². The minimum absolute atomic E-state index is 0.0164. The molecule has 23 heavy (non-hydrogen) atoms. The molecule has 2 aliphatic carbocycles. The summed E-state index contributed by atoms with van der Waals surface area (Å²) < 4.78 is 0. The lowest BCUT2D eigenvalue weighted by atomic mass is 9.85. The summed E-state index contributed by atoms with van der Waals surface area (Å²) in [6.45, 7) is 0. The molecule has 8 heteroatoms. The van der Waals surface area contributed by atoms with Crippen molar-refractivity contribution in [3.05, 3.63) is 39.4 Å². The number of non-ortho nitro benzene ring substituents is 1. The van der Waals surface area contributed by atoms with Crippen LogP contribution >= 0.6 is 11.6 Å². The Morgan fingerprint density at radius 2 is 1.74 bits per heavy atom. The molecule has 0 spiro atoms. The second-order valence-electron chi connectivity index (χ2n) is 6.06. The minimum atomic E-state index is -0.689. The molecule has 2 amide bonds. The van der Waals surface area contributed by atoms with Gasteiger partial charge in [0.15, 0.2) is 5.75 Å². The molecule has 4 atom stereocenters. The van der Waals surface area contributed by atoms with Gasteiger partial charge in [0.05, 0.1) is 21.8 Å². The maximum absolute atomic E-state index is 12.7. The summed E-state index contributed by atoms with van der Waals surface area (Å²) in [7, 11) is 0. The second kappa shape index (κ2) is 4.55. The second-order valence-corrected chi connectivity index (χ2v) is 6.47. The number of amides is 2. The lowest BCUT2D eigenvalue weighted by Gasteiger charge is -2.18. The number of phenolic OH excluding ortho intramolecular Hbond substituents is 1. The standard InChI is InChI=1S/C15H11ClN2O5/c16-9-4-8(18(22)23)5-10(13(9)19)17-14(20)11-6-1-2-7(3-6)12(11)15(17)21/h1-2,4-7,11-12,19H,3H2/t6-,7-,11-,12+/m1/s1. The maximum atomic E-state index is 12.7. The SMILES string of the molecule is O=C1[C@@H]2[C@H](C(=O)N1c1cc([N+](=O)[O-])cc(Cl)c1O)[C@@H]1C=C[C@@H]2C1. The van der Waals surface area contributed by atoms with Gasteiger partial charge in [-0.1, -0.05) is 23.8 Å². The first kappa shape index (κ1) is 14.2. The van der Waals surface area contributed by atoms with Crippen LogP contribution in [0.4, 0.5) is 11.4 Å². The summed E-state index contributed by atoms with van der Waals surface area (Å²) in [6, 6.07) is 1.99. The molecule has 4 rings (SSSR count). The van der Waals surface area contributed by atoms with Crippen LogP contribution in [0.1, 0.15) is 6.42 Å². The van der Waals surface area contributed by atoms with Crippen LogP contribution < -0.4 is 4.90 Å². The van der Waals surface area contributed by atoms with E-state index in [0.29, 0.717) is 0 Å². The fraction of sp³-hybridized carbons (Fsp3) is 0.333. The first-order valence-corrected chi connectivity index (χ1v) is 7.51. The Balaban J connectivity index is 1.82. The van der Waals surface area contributed by atoms with Gasteiger partial charge in [0.2, 0.25) is 11.8 Å². The number of carbonyl (C=O) groups is 2. The van der Waals surface area contributed by atoms with Gasteiger partial charge in [0.1, 0.15) is 5.69 Å². The normalized spacial score (nSPS) is 31.1. The number of nitro groups is 1. The van der Waals surface area contributed by atoms with Crippen molar-refractivity contribution in [2.75, 3.05) is 4.90 Å². The lowest BCUT2D eigenvalue weighted by molar-refractivity contribution is -0.384. The number of allylic oxidation sites excluding steroid dienone is 2. The minimum Gasteiger partial charge on any atom is -0.504 e. The molecule has 3 aliphatic rings.